The van der Waals surface area contributed by atoms with Crippen molar-refractivity contribution < 1.29 is 4.21 Å². The van der Waals surface area contributed by atoms with Gasteiger partial charge < -0.3 is 5.32 Å². The van der Waals surface area contributed by atoms with Crippen LogP contribution >= 0.6 is 0 Å². The van der Waals surface area contributed by atoms with Gasteiger partial charge in [0.2, 0.25) is 0 Å². The first-order valence-electron chi connectivity index (χ1n) is 5.94. The summed E-state index contributed by atoms with van der Waals surface area (Å²) >= 11 is 0. The predicted molar refractivity (Wildman–Crippen MR) is 67.5 cm³/mol. The molecule has 0 radical (unpaired) electrons. The SMILES string of the molecule is CC1CC(C)(C)CCC1NCCS(C)=O. The summed E-state index contributed by atoms with van der Waals surface area (Å²) in [6.45, 7) is 7.96. The highest BCUT2D eigenvalue weighted by Crippen LogP contribution is 2.38. The summed E-state index contributed by atoms with van der Waals surface area (Å²) in [5.74, 6) is 1.53. The van der Waals surface area contributed by atoms with Gasteiger partial charge in [-0.2, -0.15) is 0 Å². The first kappa shape index (κ1) is 13.2. The lowest BCUT2D eigenvalue weighted by molar-refractivity contribution is 0.150. The van der Waals surface area contributed by atoms with Crippen molar-refractivity contribution in [3.8, 4) is 0 Å². The van der Waals surface area contributed by atoms with Crippen LogP contribution < -0.4 is 5.32 Å². The molecular weight excluding hydrogens is 206 g/mol. The van der Waals surface area contributed by atoms with E-state index in [1.54, 1.807) is 6.26 Å². The Kier molecular flexibility index (Phi) is 4.78. The lowest BCUT2D eigenvalue weighted by atomic mass is 9.70. The second-order valence-electron chi connectivity index (χ2n) is 5.72. The van der Waals surface area contributed by atoms with Gasteiger partial charge in [0.05, 0.1) is 0 Å². The average molecular weight is 231 g/mol. The van der Waals surface area contributed by atoms with E-state index < -0.39 is 10.8 Å². The summed E-state index contributed by atoms with van der Waals surface area (Å²) < 4.78 is 10.9. The van der Waals surface area contributed by atoms with E-state index in [2.05, 4.69) is 26.1 Å². The summed E-state index contributed by atoms with van der Waals surface area (Å²) in [6, 6.07) is 0.640. The Bertz CT molecular complexity index is 228. The fourth-order valence-corrected chi connectivity index (χ4v) is 3.04. The first-order valence-corrected chi connectivity index (χ1v) is 7.67. The Morgan fingerprint density at radius 2 is 2.13 bits per heavy atom. The summed E-state index contributed by atoms with van der Waals surface area (Å²) in [4.78, 5) is 0. The molecule has 2 nitrogen and oxygen atoms in total. The number of hydrogen-bond acceptors (Lipinski definition) is 2. The van der Waals surface area contributed by atoms with Crippen LogP contribution in [0.1, 0.15) is 40.0 Å². The van der Waals surface area contributed by atoms with E-state index in [0.717, 1.165) is 18.2 Å². The second-order valence-corrected chi connectivity index (χ2v) is 7.28. The van der Waals surface area contributed by atoms with Crippen LogP contribution in [0.2, 0.25) is 0 Å². The Labute approximate surface area is 96.7 Å². The van der Waals surface area contributed by atoms with Gasteiger partial charge in [-0.05, 0) is 30.6 Å². The molecule has 1 aliphatic carbocycles. The van der Waals surface area contributed by atoms with Crippen molar-refractivity contribution in [3.63, 3.8) is 0 Å². The van der Waals surface area contributed by atoms with Crippen LogP contribution in [0.15, 0.2) is 0 Å². The van der Waals surface area contributed by atoms with E-state index in [1.165, 1.54) is 19.3 Å². The number of nitrogens with one attached hydrogen (secondary N) is 1. The maximum atomic E-state index is 10.9. The molecule has 0 aromatic carbocycles. The Morgan fingerprint density at radius 1 is 1.47 bits per heavy atom. The molecule has 90 valence electrons. The van der Waals surface area contributed by atoms with E-state index in [-0.39, 0.29) is 0 Å². The molecule has 1 rings (SSSR count). The zero-order valence-corrected chi connectivity index (χ0v) is 11.3. The van der Waals surface area contributed by atoms with Crippen LogP contribution in [0.3, 0.4) is 0 Å². The van der Waals surface area contributed by atoms with Crippen molar-refractivity contribution in [2.45, 2.75) is 46.1 Å². The topological polar surface area (TPSA) is 29.1 Å². The Morgan fingerprint density at radius 3 is 2.67 bits per heavy atom. The van der Waals surface area contributed by atoms with E-state index >= 15 is 0 Å². The van der Waals surface area contributed by atoms with E-state index in [1.807, 2.05) is 0 Å². The van der Waals surface area contributed by atoms with E-state index in [4.69, 9.17) is 0 Å². The molecule has 0 heterocycles. The third-order valence-electron chi connectivity index (χ3n) is 3.49. The normalized spacial score (nSPS) is 32.5. The van der Waals surface area contributed by atoms with Crippen molar-refractivity contribution in [2.24, 2.45) is 11.3 Å². The molecule has 1 aliphatic rings. The summed E-state index contributed by atoms with van der Waals surface area (Å²) in [6.07, 6.45) is 5.66. The third kappa shape index (κ3) is 4.64. The highest BCUT2D eigenvalue weighted by Gasteiger charge is 2.31. The molecule has 0 aromatic heterocycles. The minimum atomic E-state index is -0.659. The zero-order valence-electron chi connectivity index (χ0n) is 10.5. The van der Waals surface area contributed by atoms with Crippen molar-refractivity contribution in [3.05, 3.63) is 0 Å². The molecule has 1 saturated carbocycles. The highest BCUT2D eigenvalue weighted by atomic mass is 32.2. The lowest BCUT2D eigenvalue weighted by Gasteiger charge is -2.39. The van der Waals surface area contributed by atoms with Crippen LogP contribution in [-0.4, -0.2) is 28.8 Å². The van der Waals surface area contributed by atoms with Crippen molar-refractivity contribution in [1.29, 1.82) is 0 Å². The van der Waals surface area contributed by atoms with Crippen molar-refractivity contribution in [2.75, 3.05) is 18.6 Å². The minimum absolute atomic E-state index is 0.519. The standard InChI is InChI=1S/C12H25NOS/c1-10-9-12(2,3)6-5-11(10)13-7-8-15(4)14/h10-11,13H,5-9H2,1-4H3. The van der Waals surface area contributed by atoms with Gasteiger partial charge in [-0.3, -0.25) is 4.21 Å². The zero-order chi connectivity index (χ0) is 11.5. The molecule has 1 fully saturated rings. The monoisotopic (exact) mass is 231 g/mol. The Hall–Kier alpha value is 0.110. The Balaban J connectivity index is 2.29. The van der Waals surface area contributed by atoms with Crippen molar-refractivity contribution in [1.82, 2.24) is 5.32 Å². The van der Waals surface area contributed by atoms with Gasteiger partial charge in [0, 0.05) is 35.4 Å². The molecule has 0 bridgehead atoms. The van der Waals surface area contributed by atoms with Crippen LogP contribution in [0.4, 0.5) is 0 Å². The molecule has 1 N–H and O–H groups in total. The maximum Gasteiger partial charge on any atom is 0.0357 e. The van der Waals surface area contributed by atoms with Gasteiger partial charge in [-0.25, -0.2) is 0 Å². The molecule has 0 aliphatic heterocycles. The van der Waals surface area contributed by atoms with Gasteiger partial charge in [-0.1, -0.05) is 20.8 Å². The second kappa shape index (κ2) is 5.44. The number of hydrogen-bond donors (Lipinski definition) is 1. The quantitative estimate of drug-likeness (QED) is 0.803. The maximum absolute atomic E-state index is 10.9. The average Bonchev–Trinajstić information content (AvgIpc) is 2.07. The molecule has 3 heteroatoms. The van der Waals surface area contributed by atoms with Crippen LogP contribution in [0, 0.1) is 11.3 Å². The molecule has 0 saturated heterocycles. The smallest absolute Gasteiger partial charge is 0.0357 e. The minimum Gasteiger partial charge on any atom is -0.313 e. The third-order valence-corrected chi connectivity index (χ3v) is 4.27. The molecule has 15 heavy (non-hydrogen) atoms. The first-order chi connectivity index (χ1) is 6.91. The lowest BCUT2D eigenvalue weighted by Crippen LogP contribution is -2.42. The highest BCUT2D eigenvalue weighted by molar-refractivity contribution is 7.84. The van der Waals surface area contributed by atoms with Crippen LogP contribution in [0.5, 0.6) is 0 Å². The van der Waals surface area contributed by atoms with Gasteiger partial charge in [0.1, 0.15) is 0 Å². The molecule has 0 spiro atoms. The summed E-state index contributed by atoms with van der Waals surface area (Å²) in [5.41, 5.74) is 0.519. The van der Waals surface area contributed by atoms with Crippen LogP contribution in [-0.2, 0) is 10.8 Å². The van der Waals surface area contributed by atoms with Gasteiger partial charge in [0.25, 0.3) is 0 Å². The molecule has 0 amide bonds. The summed E-state index contributed by atoms with van der Waals surface area (Å²) in [7, 11) is -0.659. The predicted octanol–water partition coefficient (Wildman–Crippen LogP) is 2.17. The van der Waals surface area contributed by atoms with Crippen molar-refractivity contribution >= 4 is 10.8 Å². The molecular formula is C12H25NOS. The fraction of sp³-hybridized carbons (Fsp3) is 1.00. The van der Waals surface area contributed by atoms with Gasteiger partial charge in [-0.15, -0.1) is 0 Å². The largest absolute Gasteiger partial charge is 0.313 e. The summed E-state index contributed by atoms with van der Waals surface area (Å²) in [5, 5.41) is 3.55. The van der Waals surface area contributed by atoms with Crippen LogP contribution in [0.25, 0.3) is 0 Å². The fourth-order valence-electron chi connectivity index (χ4n) is 2.64. The van der Waals surface area contributed by atoms with Gasteiger partial charge in [0.15, 0.2) is 0 Å². The molecule has 3 unspecified atom stereocenters. The van der Waals surface area contributed by atoms with E-state index in [0.29, 0.717) is 11.5 Å². The molecule has 0 aromatic rings. The number of rotatable bonds is 4. The molecule has 3 atom stereocenters. The van der Waals surface area contributed by atoms with E-state index in [9.17, 15) is 4.21 Å². The van der Waals surface area contributed by atoms with Gasteiger partial charge >= 0.3 is 0 Å².